The average molecular weight is 799 g/mol. The van der Waals surface area contributed by atoms with Gasteiger partial charge < -0.3 is 35.6 Å². The standard InChI is InChI=1S/C47H58N8O4/c1-25(2)41(48)45(56)54-20-8-12-37(54)43-50-24-36(52-43)34-19-18-33(39-27-14-15-28(22-27)40(34)39)31-16-17-32(30-11-7-6-10-29(30)31)35-23-49-44(51-35)38-13-9-21-55(38)46(57)42(26(3)4)53-47(58)59-5/h6-7,10-11,16-17,23-28,37-38,41-42H,8-9,12-15,18-22,48H2,1-5H3,(H,49,51)(H,50,52)(H,53,58). The summed E-state index contributed by atoms with van der Waals surface area (Å²) in [6.07, 6.45) is 12.4. The number of benzene rings is 2. The van der Waals surface area contributed by atoms with E-state index in [1.165, 1.54) is 59.4 Å². The number of ether oxygens (including phenoxy) is 1. The van der Waals surface area contributed by atoms with Crippen LogP contribution in [0.5, 0.6) is 0 Å². The van der Waals surface area contributed by atoms with Gasteiger partial charge in [0.1, 0.15) is 17.7 Å². The maximum atomic E-state index is 13.8. The van der Waals surface area contributed by atoms with Crippen molar-refractivity contribution in [1.29, 1.82) is 0 Å². The molecule has 4 heterocycles. The number of H-pyrrole nitrogens is 2. The van der Waals surface area contributed by atoms with Crippen LogP contribution in [-0.4, -0.2) is 79.9 Å². The third-order valence-corrected chi connectivity index (χ3v) is 14.0. The first-order valence-corrected chi connectivity index (χ1v) is 21.8. The van der Waals surface area contributed by atoms with Gasteiger partial charge in [-0.1, -0.05) is 64.1 Å². The monoisotopic (exact) mass is 798 g/mol. The number of nitrogens with two attached hydrogens (primary N) is 1. The molecular formula is C47H58N8O4. The summed E-state index contributed by atoms with van der Waals surface area (Å²) < 4.78 is 4.82. The Labute approximate surface area is 346 Å². The molecule has 3 aliphatic carbocycles. The first kappa shape index (κ1) is 39.2. The summed E-state index contributed by atoms with van der Waals surface area (Å²) in [5, 5.41) is 5.14. The van der Waals surface area contributed by atoms with Crippen molar-refractivity contribution >= 4 is 39.8 Å². The van der Waals surface area contributed by atoms with E-state index in [-0.39, 0.29) is 35.7 Å². The topological polar surface area (TPSA) is 162 Å². The minimum atomic E-state index is -0.684. The van der Waals surface area contributed by atoms with E-state index in [1.54, 1.807) is 5.57 Å². The Morgan fingerprint density at radius 2 is 1.31 bits per heavy atom. The van der Waals surface area contributed by atoms with E-state index in [0.717, 1.165) is 73.7 Å². The average Bonchev–Trinajstić information content (AvgIpc) is 4.10. The lowest BCUT2D eigenvalue weighted by molar-refractivity contribution is -0.136. The van der Waals surface area contributed by atoms with E-state index in [9.17, 15) is 14.4 Å². The van der Waals surface area contributed by atoms with Crippen LogP contribution in [0.15, 0.2) is 59.9 Å². The van der Waals surface area contributed by atoms with E-state index in [2.05, 4.69) is 51.7 Å². The molecule has 310 valence electrons. The number of amides is 3. The lowest BCUT2D eigenvalue weighted by atomic mass is 9.74. The van der Waals surface area contributed by atoms with Gasteiger partial charge in [0.05, 0.1) is 49.0 Å². The largest absolute Gasteiger partial charge is 0.453 e. The zero-order valence-electron chi connectivity index (χ0n) is 35.0. The minimum absolute atomic E-state index is 0.0212. The molecule has 0 radical (unpaired) electrons. The summed E-state index contributed by atoms with van der Waals surface area (Å²) in [4.78, 5) is 60.2. The minimum Gasteiger partial charge on any atom is -0.453 e. The molecule has 3 amide bonds. The Hall–Kier alpha value is -5.23. The molecule has 5 N–H and O–H groups in total. The van der Waals surface area contributed by atoms with Crippen LogP contribution >= 0.6 is 0 Å². The van der Waals surface area contributed by atoms with Gasteiger partial charge in [-0.25, -0.2) is 14.8 Å². The number of hydrogen-bond acceptors (Lipinski definition) is 7. The number of nitrogens with one attached hydrogen (secondary N) is 3. The normalized spacial score (nSPS) is 23.9. The molecule has 2 aromatic carbocycles. The van der Waals surface area contributed by atoms with Gasteiger partial charge in [-0.05, 0) is 120 Å². The summed E-state index contributed by atoms with van der Waals surface area (Å²) in [6.45, 7) is 9.19. The SMILES string of the molecule is COC(=O)NC(C(=O)N1CCCC1c1ncc(-c2ccc(C3=C4C(=C(c5cnc(C6CCCN6C(=O)C(N)C(C)C)[nH]5)CC3)C3CCC4C3)c3ccccc23)[nH]1)C(C)C. The number of carbonyl (C=O) groups is 3. The Morgan fingerprint density at radius 1 is 0.746 bits per heavy atom. The fraction of sp³-hybridized carbons (Fsp3) is 0.511. The molecule has 59 heavy (non-hydrogen) atoms. The van der Waals surface area contributed by atoms with E-state index in [4.69, 9.17) is 20.4 Å². The number of rotatable bonds is 10. The van der Waals surface area contributed by atoms with Crippen molar-refractivity contribution in [3.05, 3.63) is 82.8 Å². The highest BCUT2D eigenvalue weighted by Crippen LogP contribution is 2.59. The number of hydrogen-bond donors (Lipinski definition) is 4. The molecule has 2 aliphatic heterocycles. The quantitative estimate of drug-likeness (QED) is 0.126. The number of alkyl carbamates (subject to hydrolysis) is 1. The van der Waals surface area contributed by atoms with Crippen molar-refractivity contribution in [3.63, 3.8) is 0 Å². The summed E-state index contributed by atoms with van der Waals surface area (Å²) in [7, 11) is 1.31. The number of aromatic nitrogens is 4. The Morgan fingerprint density at radius 3 is 1.93 bits per heavy atom. The second kappa shape index (κ2) is 15.7. The van der Waals surface area contributed by atoms with Gasteiger partial charge in [-0.3, -0.25) is 9.59 Å². The zero-order valence-corrected chi connectivity index (χ0v) is 35.0. The van der Waals surface area contributed by atoms with Crippen LogP contribution in [0.4, 0.5) is 4.79 Å². The van der Waals surface area contributed by atoms with Crippen LogP contribution in [-0.2, 0) is 14.3 Å². The Kier molecular flexibility index (Phi) is 10.5. The van der Waals surface area contributed by atoms with E-state index < -0.39 is 18.2 Å². The number of likely N-dealkylation sites (tertiary alicyclic amines) is 2. The molecule has 4 aromatic rings. The first-order chi connectivity index (χ1) is 28.5. The van der Waals surface area contributed by atoms with Crippen LogP contribution in [0.3, 0.4) is 0 Å². The van der Waals surface area contributed by atoms with Gasteiger partial charge in [0.25, 0.3) is 0 Å². The van der Waals surface area contributed by atoms with Crippen molar-refractivity contribution < 1.29 is 19.1 Å². The maximum absolute atomic E-state index is 13.8. The molecule has 2 saturated carbocycles. The van der Waals surface area contributed by atoms with Crippen LogP contribution in [0.25, 0.3) is 33.2 Å². The Balaban J connectivity index is 1.02. The van der Waals surface area contributed by atoms with E-state index in [0.29, 0.717) is 18.4 Å². The molecule has 9 rings (SSSR count). The second-order valence-corrected chi connectivity index (χ2v) is 18.1. The van der Waals surface area contributed by atoms with Crippen LogP contribution in [0, 0.1) is 23.7 Å². The number of nitrogens with zero attached hydrogens (tertiary/aromatic N) is 4. The molecule has 6 unspecified atom stereocenters. The number of imidazole rings is 2. The van der Waals surface area contributed by atoms with Crippen LogP contribution in [0.2, 0.25) is 0 Å². The third kappa shape index (κ3) is 6.86. The van der Waals surface area contributed by atoms with Crippen molar-refractivity contribution in [2.45, 2.75) is 110 Å². The lowest BCUT2D eigenvalue weighted by Crippen LogP contribution is -2.51. The fourth-order valence-corrected chi connectivity index (χ4v) is 10.9. The summed E-state index contributed by atoms with van der Waals surface area (Å²) in [5.41, 5.74) is 16.7. The number of allylic oxidation sites excluding steroid dienone is 4. The predicted octanol–water partition coefficient (Wildman–Crippen LogP) is 8.08. The Bertz CT molecular complexity index is 2350. The van der Waals surface area contributed by atoms with Gasteiger partial charge >= 0.3 is 6.09 Å². The maximum Gasteiger partial charge on any atom is 0.407 e. The molecule has 4 fully saturated rings. The second-order valence-electron chi connectivity index (χ2n) is 18.1. The van der Waals surface area contributed by atoms with Gasteiger partial charge in [0, 0.05) is 18.7 Å². The fourth-order valence-electron chi connectivity index (χ4n) is 10.9. The highest BCUT2D eigenvalue weighted by molar-refractivity contribution is 6.04. The van der Waals surface area contributed by atoms with Crippen LogP contribution < -0.4 is 11.1 Å². The summed E-state index contributed by atoms with van der Waals surface area (Å²) in [5.74, 6) is 2.64. The zero-order chi connectivity index (χ0) is 41.1. The van der Waals surface area contributed by atoms with Crippen molar-refractivity contribution in [2.24, 2.45) is 29.4 Å². The highest BCUT2D eigenvalue weighted by Gasteiger charge is 2.45. The number of carbonyl (C=O) groups excluding carboxylic acids is 3. The summed E-state index contributed by atoms with van der Waals surface area (Å²) in [6, 6.07) is 11.8. The molecule has 2 bridgehead atoms. The van der Waals surface area contributed by atoms with Crippen molar-refractivity contribution in [2.75, 3.05) is 20.2 Å². The number of aromatic amines is 2. The summed E-state index contributed by atoms with van der Waals surface area (Å²) >= 11 is 0. The van der Waals surface area contributed by atoms with E-state index in [1.807, 2.05) is 49.9 Å². The third-order valence-electron chi connectivity index (χ3n) is 14.0. The molecule has 2 aromatic heterocycles. The highest BCUT2D eigenvalue weighted by atomic mass is 16.5. The molecular weight excluding hydrogens is 741 g/mol. The predicted molar refractivity (Wildman–Crippen MR) is 228 cm³/mol. The number of fused-ring (bicyclic) bond motifs is 6. The first-order valence-electron chi connectivity index (χ1n) is 21.8. The molecule has 6 atom stereocenters. The van der Waals surface area contributed by atoms with Gasteiger partial charge in [0.15, 0.2) is 0 Å². The van der Waals surface area contributed by atoms with Gasteiger partial charge in [0.2, 0.25) is 11.8 Å². The smallest absolute Gasteiger partial charge is 0.407 e. The van der Waals surface area contributed by atoms with Gasteiger partial charge in [-0.15, -0.1) is 0 Å². The van der Waals surface area contributed by atoms with Crippen LogP contribution in [0.1, 0.15) is 120 Å². The van der Waals surface area contributed by atoms with E-state index >= 15 is 0 Å². The van der Waals surface area contributed by atoms with Crippen molar-refractivity contribution in [1.82, 2.24) is 35.1 Å². The van der Waals surface area contributed by atoms with Crippen molar-refractivity contribution in [3.8, 4) is 11.3 Å². The number of methoxy groups -OCH3 is 1. The molecule has 12 heteroatoms. The molecule has 2 saturated heterocycles. The lowest BCUT2D eigenvalue weighted by Gasteiger charge is -2.30. The van der Waals surface area contributed by atoms with Gasteiger partial charge in [-0.2, -0.15) is 0 Å². The molecule has 5 aliphatic rings. The molecule has 12 nitrogen and oxygen atoms in total. The molecule has 0 spiro atoms.